The van der Waals surface area contributed by atoms with Crippen molar-refractivity contribution in [2.75, 3.05) is 0 Å². The van der Waals surface area contributed by atoms with Crippen molar-refractivity contribution in [3.8, 4) is 22.0 Å². The number of nitrogens with one attached hydrogen (secondary N) is 2. The molecule has 5 heterocycles. The first-order chi connectivity index (χ1) is 14.6. The summed E-state index contributed by atoms with van der Waals surface area (Å²) in [5, 5.41) is 15.4. The van der Waals surface area contributed by atoms with Crippen molar-refractivity contribution in [2.24, 2.45) is 7.05 Å². The first-order valence-corrected chi connectivity index (χ1v) is 10.3. The van der Waals surface area contributed by atoms with E-state index in [9.17, 15) is 0 Å². The zero-order valence-electron chi connectivity index (χ0n) is 16.5. The van der Waals surface area contributed by atoms with Crippen LogP contribution in [0.5, 0.6) is 0 Å². The minimum absolute atomic E-state index is 0.648. The van der Waals surface area contributed by atoms with Gasteiger partial charge in [-0.1, -0.05) is 18.7 Å². The third-order valence-corrected chi connectivity index (χ3v) is 5.87. The standard InChI is InChI=1S/C22H19N7S/c1-13(15-11-24-29(3)12-15)6-7-17-14(2)19(28-27-17)22-25-20-16(18-5-4-10-30-18)8-9-23-21(20)26-22/h4-12,27H,2H2,1,3H3,(H,23,25,26)/b13-6+,17-7+. The molecule has 0 saturated carbocycles. The molecule has 0 aliphatic heterocycles. The van der Waals surface area contributed by atoms with Crippen molar-refractivity contribution in [1.82, 2.24) is 34.9 Å². The van der Waals surface area contributed by atoms with Gasteiger partial charge in [0.2, 0.25) is 0 Å². The summed E-state index contributed by atoms with van der Waals surface area (Å²) in [5.41, 5.74) is 5.50. The van der Waals surface area contributed by atoms with Gasteiger partial charge in [0, 0.05) is 40.7 Å². The number of aromatic nitrogens is 7. The Morgan fingerprint density at radius 2 is 2.20 bits per heavy atom. The van der Waals surface area contributed by atoms with Crippen molar-refractivity contribution in [3.63, 3.8) is 0 Å². The molecular weight excluding hydrogens is 394 g/mol. The number of pyridine rings is 1. The van der Waals surface area contributed by atoms with E-state index in [0.29, 0.717) is 17.2 Å². The molecule has 5 rings (SSSR count). The van der Waals surface area contributed by atoms with E-state index < -0.39 is 0 Å². The molecule has 0 fully saturated rings. The van der Waals surface area contributed by atoms with Gasteiger partial charge in [-0.3, -0.25) is 9.78 Å². The number of rotatable bonds is 4. The Balaban J connectivity index is 1.55. The fourth-order valence-electron chi connectivity index (χ4n) is 3.30. The third kappa shape index (κ3) is 3.17. The molecule has 7 nitrogen and oxygen atoms in total. The lowest BCUT2D eigenvalue weighted by Gasteiger charge is -1.97. The maximum Gasteiger partial charge on any atom is 0.178 e. The quantitative estimate of drug-likeness (QED) is 0.474. The number of fused-ring (bicyclic) bond motifs is 1. The van der Waals surface area contributed by atoms with Gasteiger partial charge in [0.1, 0.15) is 5.69 Å². The highest BCUT2D eigenvalue weighted by molar-refractivity contribution is 7.13. The van der Waals surface area contributed by atoms with E-state index >= 15 is 0 Å². The molecule has 2 N–H and O–H groups in total. The molecule has 0 unspecified atom stereocenters. The van der Waals surface area contributed by atoms with Crippen LogP contribution in [0, 0.1) is 0 Å². The van der Waals surface area contributed by atoms with Crippen LogP contribution in [-0.2, 0) is 7.05 Å². The summed E-state index contributed by atoms with van der Waals surface area (Å²) >= 11 is 1.68. The molecule has 0 aromatic carbocycles. The molecule has 30 heavy (non-hydrogen) atoms. The number of allylic oxidation sites excluding steroid dienone is 2. The summed E-state index contributed by atoms with van der Waals surface area (Å²) in [5.74, 6) is 0.648. The largest absolute Gasteiger partial charge is 0.335 e. The number of hydrogen-bond acceptors (Lipinski definition) is 5. The third-order valence-electron chi connectivity index (χ3n) is 4.96. The fraction of sp³-hybridized carbons (Fsp3) is 0.0909. The van der Waals surface area contributed by atoms with Crippen LogP contribution in [0.25, 0.3) is 51.4 Å². The summed E-state index contributed by atoms with van der Waals surface area (Å²) in [7, 11) is 1.90. The Labute approximate surface area is 176 Å². The number of thiophene rings is 1. The molecule has 5 aromatic rings. The first kappa shape index (κ1) is 18.3. The van der Waals surface area contributed by atoms with Crippen molar-refractivity contribution < 1.29 is 0 Å². The topological polar surface area (TPSA) is 88.1 Å². The van der Waals surface area contributed by atoms with Crippen molar-refractivity contribution in [2.45, 2.75) is 6.92 Å². The van der Waals surface area contributed by atoms with Gasteiger partial charge in [-0.25, -0.2) is 9.97 Å². The van der Waals surface area contributed by atoms with Crippen LogP contribution in [-0.4, -0.2) is 34.9 Å². The smallest absolute Gasteiger partial charge is 0.178 e. The normalized spacial score (nSPS) is 12.9. The molecule has 0 atom stereocenters. The second-order valence-electron chi connectivity index (χ2n) is 7.00. The van der Waals surface area contributed by atoms with Crippen LogP contribution in [0.3, 0.4) is 0 Å². The minimum atomic E-state index is 0.648. The molecule has 0 spiro atoms. The number of hydrogen-bond donors (Lipinski definition) is 2. The van der Waals surface area contributed by atoms with E-state index in [1.54, 1.807) is 22.2 Å². The van der Waals surface area contributed by atoms with Gasteiger partial charge in [-0.05, 0) is 36.1 Å². The molecular formula is C22H19N7S. The second-order valence-corrected chi connectivity index (χ2v) is 7.95. The lowest BCUT2D eigenvalue weighted by Crippen LogP contribution is -2.21. The highest BCUT2D eigenvalue weighted by Gasteiger charge is 2.14. The number of nitrogens with zero attached hydrogens (tertiary/aromatic N) is 5. The Bertz CT molecular complexity index is 1480. The monoisotopic (exact) mass is 413 g/mol. The zero-order chi connectivity index (χ0) is 20.7. The van der Waals surface area contributed by atoms with Gasteiger partial charge in [-0.15, -0.1) is 11.3 Å². The van der Waals surface area contributed by atoms with Crippen LogP contribution < -0.4 is 10.6 Å². The second kappa shape index (κ2) is 7.23. The van der Waals surface area contributed by atoms with E-state index in [-0.39, 0.29) is 0 Å². The Kier molecular flexibility index (Phi) is 4.40. The van der Waals surface area contributed by atoms with E-state index in [2.05, 4.69) is 48.3 Å². The molecule has 0 aliphatic carbocycles. The summed E-state index contributed by atoms with van der Waals surface area (Å²) in [6.45, 7) is 6.25. The Morgan fingerprint density at radius 3 is 2.97 bits per heavy atom. The van der Waals surface area contributed by atoms with Crippen LogP contribution in [0.15, 0.2) is 48.2 Å². The first-order valence-electron chi connectivity index (χ1n) is 9.40. The Morgan fingerprint density at radius 1 is 1.30 bits per heavy atom. The summed E-state index contributed by atoms with van der Waals surface area (Å²) in [6.07, 6.45) is 9.60. The minimum Gasteiger partial charge on any atom is -0.335 e. The zero-order valence-corrected chi connectivity index (χ0v) is 17.4. The van der Waals surface area contributed by atoms with E-state index in [4.69, 9.17) is 0 Å². The van der Waals surface area contributed by atoms with Crippen molar-refractivity contribution in [1.29, 1.82) is 0 Å². The average Bonchev–Trinajstić information content (AvgIpc) is 3.52. The van der Waals surface area contributed by atoms with E-state index in [0.717, 1.165) is 32.8 Å². The number of imidazole rings is 1. The molecule has 0 saturated heterocycles. The van der Waals surface area contributed by atoms with E-state index in [1.165, 1.54) is 4.88 Å². The predicted molar refractivity (Wildman–Crippen MR) is 121 cm³/mol. The van der Waals surface area contributed by atoms with Crippen molar-refractivity contribution in [3.05, 3.63) is 64.4 Å². The SMILES string of the molecule is C=c1c(-c2nc3nccc(-c4cccs4)c3[nH]2)n[nH]/c1=C/C=C(\C)c1cnn(C)c1. The molecule has 0 amide bonds. The van der Waals surface area contributed by atoms with Crippen molar-refractivity contribution >= 4 is 40.7 Å². The lowest BCUT2D eigenvalue weighted by molar-refractivity contribution is 0.767. The summed E-state index contributed by atoms with van der Waals surface area (Å²) in [6, 6.07) is 6.12. The van der Waals surface area contributed by atoms with Crippen LogP contribution >= 0.6 is 11.3 Å². The highest BCUT2D eigenvalue weighted by Crippen LogP contribution is 2.30. The fourth-order valence-corrected chi connectivity index (χ4v) is 4.06. The van der Waals surface area contributed by atoms with Gasteiger partial charge in [0.05, 0.1) is 17.1 Å². The maximum atomic E-state index is 4.65. The van der Waals surface area contributed by atoms with E-state index in [1.807, 2.05) is 50.6 Å². The van der Waals surface area contributed by atoms with Crippen LogP contribution in [0.1, 0.15) is 12.5 Å². The van der Waals surface area contributed by atoms with Gasteiger partial charge < -0.3 is 4.98 Å². The van der Waals surface area contributed by atoms with Crippen LogP contribution in [0.2, 0.25) is 0 Å². The van der Waals surface area contributed by atoms with Crippen LogP contribution in [0.4, 0.5) is 0 Å². The number of aromatic amines is 2. The molecule has 0 bridgehead atoms. The average molecular weight is 414 g/mol. The molecule has 148 valence electrons. The van der Waals surface area contributed by atoms with Gasteiger partial charge >= 0.3 is 0 Å². The Hall–Kier alpha value is -3.78. The van der Waals surface area contributed by atoms with Gasteiger partial charge in [0.25, 0.3) is 0 Å². The molecule has 8 heteroatoms. The van der Waals surface area contributed by atoms with Gasteiger partial charge in [0.15, 0.2) is 11.5 Å². The highest BCUT2D eigenvalue weighted by atomic mass is 32.1. The predicted octanol–water partition coefficient (Wildman–Crippen LogP) is 3.10. The molecule has 5 aromatic heterocycles. The van der Waals surface area contributed by atoms with Gasteiger partial charge in [-0.2, -0.15) is 10.2 Å². The summed E-state index contributed by atoms with van der Waals surface area (Å²) in [4.78, 5) is 13.6. The molecule has 0 aliphatic rings. The maximum absolute atomic E-state index is 4.65. The lowest BCUT2D eigenvalue weighted by atomic mass is 10.1. The number of aryl methyl sites for hydroxylation is 1. The molecule has 0 radical (unpaired) electrons. The number of H-pyrrole nitrogens is 2. The summed E-state index contributed by atoms with van der Waals surface area (Å²) < 4.78 is 1.79.